The summed E-state index contributed by atoms with van der Waals surface area (Å²) in [6, 6.07) is 6.74. The van der Waals surface area contributed by atoms with Gasteiger partial charge in [0.2, 0.25) is 0 Å². The third kappa shape index (κ3) is 6.90. The van der Waals surface area contributed by atoms with Gasteiger partial charge in [0, 0.05) is 52.9 Å². The number of sulfone groups is 1. The van der Waals surface area contributed by atoms with E-state index in [0.29, 0.717) is 45.4 Å². The molecule has 2 fully saturated rings. The molecule has 30 heavy (non-hydrogen) atoms. The van der Waals surface area contributed by atoms with Crippen LogP contribution in [0.3, 0.4) is 0 Å². The Labute approximate surface area is 178 Å². The molecule has 0 aromatic heterocycles. The topological polar surface area (TPSA) is 86.3 Å². The lowest BCUT2D eigenvalue weighted by Crippen LogP contribution is -2.48. The number of hydrogen-bond donors (Lipinski definition) is 2. The molecule has 2 aliphatic rings. The van der Waals surface area contributed by atoms with Gasteiger partial charge in [-0.3, -0.25) is 14.8 Å². The molecule has 10 heteroatoms. The molecule has 1 atom stereocenters. The van der Waals surface area contributed by atoms with Crippen molar-refractivity contribution in [2.24, 2.45) is 4.99 Å². The maximum Gasteiger partial charge on any atom is 0.191 e. The molecule has 8 nitrogen and oxygen atoms in total. The highest BCUT2D eigenvalue weighted by atomic mass is 32.2. The third-order valence-electron chi connectivity index (χ3n) is 5.59. The molecule has 1 aromatic rings. The van der Waals surface area contributed by atoms with E-state index in [9.17, 15) is 12.8 Å². The van der Waals surface area contributed by atoms with Crippen LogP contribution < -0.4 is 10.6 Å². The van der Waals surface area contributed by atoms with Gasteiger partial charge in [-0.1, -0.05) is 12.1 Å². The number of nitrogens with zero attached hydrogens (tertiary/aromatic N) is 3. The van der Waals surface area contributed by atoms with Crippen LogP contribution in [0.5, 0.6) is 0 Å². The van der Waals surface area contributed by atoms with Gasteiger partial charge in [0.15, 0.2) is 15.8 Å². The van der Waals surface area contributed by atoms with Crippen molar-refractivity contribution in [3.05, 3.63) is 35.6 Å². The van der Waals surface area contributed by atoms with E-state index in [-0.39, 0.29) is 23.4 Å². The van der Waals surface area contributed by atoms with E-state index in [2.05, 4.69) is 25.4 Å². The number of ether oxygens (including phenoxy) is 1. The molecule has 2 aliphatic heterocycles. The van der Waals surface area contributed by atoms with Crippen molar-refractivity contribution in [1.29, 1.82) is 0 Å². The summed E-state index contributed by atoms with van der Waals surface area (Å²) in [5.41, 5.74) is 1.05. The fourth-order valence-corrected chi connectivity index (χ4v) is 5.03. The zero-order chi connectivity index (χ0) is 21.4. The molecule has 2 saturated heterocycles. The van der Waals surface area contributed by atoms with Crippen LogP contribution in [0.25, 0.3) is 0 Å². The van der Waals surface area contributed by atoms with Gasteiger partial charge < -0.3 is 15.4 Å². The number of benzene rings is 1. The molecule has 3 rings (SSSR count). The van der Waals surface area contributed by atoms with Gasteiger partial charge in [0.05, 0.1) is 30.8 Å². The summed E-state index contributed by atoms with van der Waals surface area (Å²) in [5, 5.41) is 6.68. The number of guanidine groups is 1. The third-order valence-corrected chi connectivity index (χ3v) is 7.19. The second-order valence-corrected chi connectivity index (χ2v) is 9.89. The average molecular weight is 442 g/mol. The van der Waals surface area contributed by atoms with Crippen LogP contribution >= 0.6 is 0 Å². The summed E-state index contributed by atoms with van der Waals surface area (Å²) in [6.07, 6.45) is 0. The van der Waals surface area contributed by atoms with Gasteiger partial charge in [-0.2, -0.15) is 0 Å². The smallest absolute Gasteiger partial charge is 0.191 e. The van der Waals surface area contributed by atoms with E-state index < -0.39 is 9.84 Å². The Hall–Kier alpha value is -1.75. The minimum Gasteiger partial charge on any atom is -0.379 e. The first-order valence-corrected chi connectivity index (χ1v) is 12.2. The molecule has 0 spiro atoms. The lowest BCUT2D eigenvalue weighted by atomic mass is 10.0. The zero-order valence-electron chi connectivity index (χ0n) is 17.5. The van der Waals surface area contributed by atoms with Gasteiger partial charge in [-0.25, -0.2) is 12.8 Å². The van der Waals surface area contributed by atoms with E-state index in [1.807, 2.05) is 12.1 Å². The minimum absolute atomic E-state index is 0.0837. The van der Waals surface area contributed by atoms with Gasteiger partial charge in [-0.05, 0) is 17.7 Å². The molecule has 1 unspecified atom stereocenters. The molecular formula is C20H32FN5O3S. The maximum atomic E-state index is 13.4. The predicted molar refractivity (Wildman–Crippen MR) is 116 cm³/mol. The van der Waals surface area contributed by atoms with Crippen LogP contribution in [0, 0.1) is 5.82 Å². The maximum absolute atomic E-state index is 13.4. The fourth-order valence-electron chi connectivity index (χ4n) is 3.75. The van der Waals surface area contributed by atoms with Gasteiger partial charge in [-0.15, -0.1) is 0 Å². The van der Waals surface area contributed by atoms with E-state index >= 15 is 0 Å². The first kappa shape index (κ1) is 22.9. The van der Waals surface area contributed by atoms with Gasteiger partial charge >= 0.3 is 0 Å². The van der Waals surface area contributed by atoms with E-state index in [1.54, 1.807) is 7.05 Å². The highest BCUT2D eigenvalue weighted by molar-refractivity contribution is 7.91. The van der Waals surface area contributed by atoms with E-state index in [1.165, 1.54) is 12.1 Å². The van der Waals surface area contributed by atoms with Crippen LogP contribution in [0.4, 0.5) is 4.39 Å². The SMILES string of the molecule is CN=C(NCCN1CCS(=O)(=O)CC1)NCC(c1ccc(F)cc1)N1CCOCC1. The highest BCUT2D eigenvalue weighted by Gasteiger charge is 2.23. The number of morpholine rings is 1. The van der Waals surface area contributed by atoms with Gasteiger partial charge in [0.1, 0.15) is 5.82 Å². The lowest BCUT2D eigenvalue weighted by molar-refractivity contribution is 0.0170. The number of rotatable bonds is 7. The Kier molecular flexibility index (Phi) is 8.43. The molecule has 2 heterocycles. The molecule has 0 bridgehead atoms. The second kappa shape index (κ2) is 11.0. The monoisotopic (exact) mass is 441 g/mol. The minimum atomic E-state index is -2.85. The standard InChI is InChI=1S/C20H32FN5O3S/c1-22-20(23-6-7-25-10-14-30(27,28)15-11-25)24-16-19(26-8-12-29-13-9-26)17-2-4-18(21)5-3-17/h2-5,19H,6-16H2,1H3,(H2,22,23,24). The molecule has 0 radical (unpaired) electrons. The Balaban J connectivity index is 1.50. The molecule has 0 saturated carbocycles. The largest absolute Gasteiger partial charge is 0.379 e. The molecule has 0 aliphatic carbocycles. The van der Waals surface area contributed by atoms with Crippen molar-refractivity contribution in [2.45, 2.75) is 6.04 Å². The van der Waals surface area contributed by atoms with Crippen LogP contribution in [0.2, 0.25) is 0 Å². The van der Waals surface area contributed by atoms with E-state index in [0.717, 1.165) is 25.2 Å². The van der Waals surface area contributed by atoms with Crippen molar-refractivity contribution < 1.29 is 17.5 Å². The van der Waals surface area contributed by atoms with Crippen LogP contribution in [0.1, 0.15) is 11.6 Å². The van der Waals surface area contributed by atoms with Crippen molar-refractivity contribution in [3.8, 4) is 0 Å². The highest BCUT2D eigenvalue weighted by Crippen LogP contribution is 2.21. The summed E-state index contributed by atoms with van der Waals surface area (Å²) < 4.78 is 41.9. The quantitative estimate of drug-likeness (QED) is 0.458. The lowest BCUT2D eigenvalue weighted by Gasteiger charge is -2.35. The molecule has 1 aromatic carbocycles. The summed E-state index contributed by atoms with van der Waals surface area (Å²) in [4.78, 5) is 8.78. The van der Waals surface area contributed by atoms with Crippen LogP contribution in [-0.2, 0) is 14.6 Å². The Morgan fingerprint density at radius 1 is 1.13 bits per heavy atom. The predicted octanol–water partition coefficient (Wildman–Crippen LogP) is 0.0944. The molecular weight excluding hydrogens is 409 g/mol. The Morgan fingerprint density at radius 2 is 1.80 bits per heavy atom. The fraction of sp³-hybridized carbons (Fsp3) is 0.650. The number of nitrogens with one attached hydrogen (secondary N) is 2. The first-order chi connectivity index (χ1) is 14.5. The summed E-state index contributed by atoms with van der Waals surface area (Å²) in [7, 11) is -1.13. The number of aliphatic imine (C=N–C) groups is 1. The average Bonchev–Trinajstić information content (AvgIpc) is 2.75. The van der Waals surface area contributed by atoms with Crippen LogP contribution in [-0.4, -0.2) is 102 Å². The van der Waals surface area contributed by atoms with Crippen molar-refractivity contribution in [1.82, 2.24) is 20.4 Å². The Bertz CT molecular complexity index is 783. The summed E-state index contributed by atoms with van der Waals surface area (Å²) in [6.45, 7) is 6.28. The number of halogens is 1. The summed E-state index contributed by atoms with van der Waals surface area (Å²) in [5.74, 6) is 0.924. The first-order valence-electron chi connectivity index (χ1n) is 10.4. The van der Waals surface area contributed by atoms with Crippen LogP contribution in [0.15, 0.2) is 29.3 Å². The van der Waals surface area contributed by atoms with Crippen molar-refractivity contribution >= 4 is 15.8 Å². The molecule has 168 valence electrons. The Morgan fingerprint density at radius 3 is 2.43 bits per heavy atom. The number of hydrogen-bond acceptors (Lipinski definition) is 6. The van der Waals surface area contributed by atoms with Gasteiger partial charge in [0.25, 0.3) is 0 Å². The second-order valence-electron chi connectivity index (χ2n) is 7.59. The summed E-state index contributed by atoms with van der Waals surface area (Å²) >= 11 is 0. The molecule has 0 amide bonds. The molecule has 2 N–H and O–H groups in total. The van der Waals surface area contributed by atoms with Crippen molar-refractivity contribution in [3.63, 3.8) is 0 Å². The van der Waals surface area contributed by atoms with Crippen molar-refractivity contribution in [2.75, 3.05) is 77.6 Å². The normalized spacial score (nSPS) is 21.9. The van der Waals surface area contributed by atoms with E-state index in [4.69, 9.17) is 4.74 Å². The zero-order valence-corrected chi connectivity index (χ0v) is 18.3.